The summed E-state index contributed by atoms with van der Waals surface area (Å²) in [4.78, 5) is 58.3. The van der Waals surface area contributed by atoms with E-state index in [0.29, 0.717) is 78.4 Å². The van der Waals surface area contributed by atoms with Crippen molar-refractivity contribution in [1.82, 2.24) is 40.4 Å². The van der Waals surface area contributed by atoms with Crippen molar-refractivity contribution in [2.45, 2.75) is 87.5 Å². The molecule has 5 heterocycles. The molecule has 0 saturated carbocycles. The first kappa shape index (κ1) is 42.3. The van der Waals surface area contributed by atoms with E-state index in [1.807, 2.05) is 60.0 Å². The zero-order chi connectivity index (χ0) is 43.5. The van der Waals surface area contributed by atoms with E-state index in [9.17, 15) is 33.8 Å². The Morgan fingerprint density at radius 1 is 0.770 bits per heavy atom. The van der Waals surface area contributed by atoms with Crippen LogP contribution in [0.2, 0.25) is 0 Å². The summed E-state index contributed by atoms with van der Waals surface area (Å²) in [6.07, 6.45) is 3.48. The summed E-state index contributed by atoms with van der Waals surface area (Å²) in [6, 6.07) is 13.0. The third-order valence-electron chi connectivity index (χ3n) is 12.3. The fourth-order valence-electron chi connectivity index (χ4n) is 9.43. The molecule has 0 bridgehead atoms. The number of hydrogen-bond donors (Lipinski definition) is 4. The third kappa shape index (κ3) is 8.33. The van der Waals surface area contributed by atoms with Crippen LogP contribution in [0.25, 0.3) is 22.1 Å². The number of alkyl carbamates (subject to hydrolysis) is 1. The third-order valence-corrected chi connectivity index (χ3v) is 13.5. The average Bonchev–Trinajstić information content (AvgIpc) is 4.07. The Kier molecular flexibility index (Phi) is 10.5. The van der Waals surface area contributed by atoms with Crippen LogP contribution >= 0.6 is 10.2 Å². The Morgan fingerprint density at radius 2 is 1.30 bits per heavy atom. The number of aromatic amines is 2. The van der Waals surface area contributed by atoms with Crippen molar-refractivity contribution in [3.8, 4) is 0 Å². The predicted molar refractivity (Wildman–Crippen MR) is 223 cm³/mol. The second kappa shape index (κ2) is 15.2. The van der Waals surface area contributed by atoms with Crippen LogP contribution in [0.5, 0.6) is 0 Å². The number of carbonyl (C=O) groups excluding carboxylic acids is 3. The van der Waals surface area contributed by atoms with Gasteiger partial charge in [0.1, 0.15) is 23.1 Å². The molecule has 2 aromatic heterocycles. The lowest BCUT2D eigenvalue weighted by Crippen LogP contribution is -2.47. The number of amides is 3. The molecule has 0 aliphatic carbocycles. The molecule has 3 aliphatic rings. The highest BCUT2D eigenvalue weighted by Crippen LogP contribution is 3.02. The van der Waals surface area contributed by atoms with Gasteiger partial charge in [-0.3, -0.25) is 9.59 Å². The number of ether oxygens (including phenoxy) is 1. The molecule has 5 aromatic rings. The Hall–Kier alpha value is -5.43. The van der Waals surface area contributed by atoms with Crippen molar-refractivity contribution in [3.05, 3.63) is 83.4 Å². The Labute approximate surface area is 349 Å². The van der Waals surface area contributed by atoms with Gasteiger partial charge in [0.25, 0.3) is 0 Å². The minimum Gasteiger partial charge on any atom is -0.453 e. The maximum atomic E-state index is 13.9. The first-order valence-electron chi connectivity index (χ1n) is 20.5. The van der Waals surface area contributed by atoms with E-state index in [-0.39, 0.29) is 54.5 Å². The SMILES string of the molecule is CNC(C(=O)N1CCC[C@H]1c1nc2ccc([C@H]3CC[C@H](c4ccc5nc([C@@H]6CCCN6C(=O)CNC(=O)OC)[nH]c5c4)N3c3ccc(S(F)(F)(F)(F)F)cc3)cc2[nH]1)C(C)C. The number of anilines is 1. The molecular weight excluding hydrogens is 822 g/mol. The number of likely N-dealkylation sites (tertiary alicyclic amines) is 2. The van der Waals surface area contributed by atoms with Crippen molar-refractivity contribution >= 4 is 55.9 Å². The van der Waals surface area contributed by atoms with E-state index in [0.717, 1.165) is 48.0 Å². The first-order valence-corrected chi connectivity index (χ1v) is 22.5. The van der Waals surface area contributed by atoms with Crippen molar-refractivity contribution < 1.29 is 38.5 Å². The van der Waals surface area contributed by atoms with Gasteiger partial charge in [0, 0.05) is 18.8 Å². The van der Waals surface area contributed by atoms with Gasteiger partial charge in [0.2, 0.25) is 11.8 Å². The van der Waals surface area contributed by atoms with Gasteiger partial charge in [-0.15, -0.1) is 0 Å². The van der Waals surface area contributed by atoms with Crippen LogP contribution in [-0.2, 0) is 14.3 Å². The average molecular weight is 872 g/mol. The van der Waals surface area contributed by atoms with Crippen molar-refractivity contribution in [2.24, 2.45) is 5.92 Å². The number of hydrogen-bond acceptors (Lipinski definition) is 8. The maximum absolute atomic E-state index is 13.9. The van der Waals surface area contributed by atoms with Crippen LogP contribution in [0.15, 0.2) is 65.6 Å². The molecule has 4 N–H and O–H groups in total. The molecule has 19 heteroatoms. The smallest absolute Gasteiger partial charge is 0.407 e. The number of methoxy groups -OCH3 is 1. The molecule has 0 radical (unpaired) electrons. The summed E-state index contributed by atoms with van der Waals surface area (Å²) in [5.74, 6) is 1.11. The van der Waals surface area contributed by atoms with Gasteiger partial charge in [0.05, 0.1) is 59.4 Å². The lowest BCUT2D eigenvalue weighted by molar-refractivity contribution is -0.135. The van der Waals surface area contributed by atoms with E-state index in [1.54, 1.807) is 11.9 Å². The van der Waals surface area contributed by atoms with Gasteiger partial charge in [-0.25, -0.2) is 14.8 Å². The molecule has 0 spiro atoms. The number of aromatic nitrogens is 4. The van der Waals surface area contributed by atoms with Gasteiger partial charge in [-0.1, -0.05) is 45.4 Å². The van der Waals surface area contributed by atoms with E-state index in [4.69, 9.17) is 9.97 Å². The number of nitrogens with zero attached hydrogens (tertiary/aromatic N) is 5. The normalized spacial score (nSPS) is 22.6. The van der Waals surface area contributed by atoms with Gasteiger partial charge in [0.15, 0.2) is 0 Å². The van der Waals surface area contributed by atoms with Crippen LogP contribution in [0.1, 0.15) is 99.3 Å². The first-order chi connectivity index (χ1) is 28.8. The molecular formula is C42H50F5N9O4S. The molecule has 3 fully saturated rings. The van der Waals surface area contributed by atoms with E-state index in [1.165, 1.54) is 7.11 Å². The molecule has 8 rings (SSSR count). The number of benzene rings is 3. The second-order valence-electron chi connectivity index (χ2n) is 16.6. The molecule has 3 aliphatic heterocycles. The molecule has 3 aromatic carbocycles. The molecule has 61 heavy (non-hydrogen) atoms. The zero-order valence-electron chi connectivity index (χ0n) is 34.3. The molecule has 328 valence electrons. The van der Waals surface area contributed by atoms with E-state index < -0.39 is 21.2 Å². The van der Waals surface area contributed by atoms with E-state index >= 15 is 0 Å². The number of halogens is 5. The summed E-state index contributed by atoms with van der Waals surface area (Å²) in [5, 5.41) is 5.58. The Balaban J connectivity index is 1.11. The van der Waals surface area contributed by atoms with Gasteiger partial charge in [-0.2, -0.15) is 0 Å². The van der Waals surface area contributed by atoms with Crippen LogP contribution in [0, 0.1) is 5.92 Å². The van der Waals surface area contributed by atoms with Gasteiger partial charge < -0.3 is 40.0 Å². The highest BCUT2D eigenvalue weighted by atomic mass is 32.5. The van der Waals surface area contributed by atoms with Crippen LogP contribution in [-0.4, -0.2) is 87.5 Å². The van der Waals surface area contributed by atoms with Gasteiger partial charge >= 0.3 is 16.3 Å². The summed E-state index contributed by atoms with van der Waals surface area (Å²) in [6.45, 7) is 4.90. The predicted octanol–water partition coefficient (Wildman–Crippen LogP) is 9.11. The molecule has 13 nitrogen and oxygen atoms in total. The summed E-state index contributed by atoms with van der Waals surface area (Å²) < 4.78 is 74.0. The monoisotopic (exact) mass is 871 g/mol. The molecule has 1 unspecified atom stereocenters. The standard InChI is InChI=1S/C42H50F5N9O4S/c1-24(2)38(48-3)41(58)55-20-6-8-36(55)40-51-30-16-10-26(22-32(30)53-40)34-18-17-33(56(34)27-11-13-28(14-12-27)61(43,44,45,46)47)25-9-15-29-31(21-25)52-39(50-29)35-7-5-19-54(35)37(57)23-49-42(59)60-4/h9-16,21-22,24,33-36,38,48H,5-8,17-20,23H2,1-4H3,(H,49,59)(H,50,52)(H,51,53)/t33-,34-,35+,36+,38?/m1/s1. The van der Waals surface area contributed by atoms with E-state index in [2.05, 4.69) is 25.3 Å². The summed E-state index contributed by atoms with van der Waals surface area (Å²) in [5.41, 5.74) is 4.83. The largest absolute Gasteiger partial charge is 0.453 e. The molecule has 3 saturated heterocycles. The van der Waals surface area contributed by atoms with Gasteiger partial charge in [-0.05, 0) is 111 Å². The lowest BCUT2D eigenvalue weighted by Gasteiger charge is -2.41. The molecule has 5 atom stereocenters. The number of likely N-dealkylation sites (N-methyl/N-ethyl adjacent to an activating group) is 1. The Bertz CT molecular complexity index is 2480. The summed E-state index contributed by atoms with van der Waals surface area (Å²) in [7, 11) is -6.93. The van der Waals surface area contributed by atoms with Crippen molar-refractivity contribution in [3.63, 3.8) is 0 Å². The topological polar surface area (TPSA) is 152 Å². The fraction of sp³-hybridized carbons (Fsp3) is 0.452. The van der Waals surface area contributed by atoms with Crippen molar-refractivity contribution in [1.29, 1.82) is 0 Å². The van der Waals surface area contributed by atoms with Crippen LogP contribution in [0.4, 0.5) is 29.9 Å². The number of imidazole rings is 2. The highest BCUT2D eigenvalue weighted by Gasteiger charge is 2.65. The zero-order valence-corrected chi connectivity index (χ0v) is 35.1. The quantitative estimate of drug-likeness (QED) is 0.0961. The Morgan fingerprint density at radius 3 is 1.79 bits per heavy atom. The lowest BCUT2D eigenvalue weighted by atomic mass is 10.0. The minimum absolute atomic E-state index is 0.0233. The maximum Gasteiger partial charge on any atom is 0.407 e. The number of fused-ring (bicyclic) bond motifs is 2. The van der Waals surface area contributed by atoms with Crippen LogP contribution in [0.3, 0.4) is 0 Å². The minimum atomic E-state index is -9.93. The number of H-pyrrole nitrogens is 2. The highest BCUT2D eigenvalue weighted by molar-refractivity contribution is 8.45. The van der Waals surface area contributed by atoms with Crippen molar-refractivity contribution in [2.75, 3.05) is 38.7 Å². The fourth-order valence-corrected chi connectivity index (χ4v) is 10.1. The number of nitrogens with one attached hydrogen (secondary N) is 4. The second-order valence-corrected chi connectivity index (χ2v) is 19.0. The summed E-state index contributed by atoms with van der Waals surface area (Å²) >= 11 is 0. The van der Waals surface area contributed by atoms with Crippen LogP contribution < -0.4 is 15.5 Å². The number of rotatable bonds is 11. The number of carbonyl (C=O) groups is 3. The molecule has 3 amide bonds.